The summed E-state index contributed by atoms with van der Waals surface area (Å²) in [5, 5.41) is 9.55. The van der Waals surface area contributed by atoms with E-state index in [-0.39, 0.29) is 6.03 Å². The molecule has 1 aromatic heterocycles. The minimum Gasteiger partial charge on any atom is -0.339 e. The summed E-state index contributed by atoms with van der Waals surface area (Å²) in [5.41, 5.74) is 2.27. The van der Waals surface area contributed by atoms with Crippen LogP contribution in [0.5, 0.6) is 0 Å². The molecule has 0 fully saturated rings. The van der Waals surface area contributed by atoms with Gasteiger partial charge in [-0.1, -0.05) is 18.1 Å². The Labute approximate surface area is 150 Å². The van der Waals surface area contributed by atoms with Gasteiger partial charge in [0.25, 0.3) is 0 Å². The topological polar surface area (TPSA) is 80.0 Å². The Morgan fingerprint density at radius 3 is 2.56 bits per heavy atom. The van der Waals surface area contributed by atoms with Gasteiger partial charge >= 0.3 is 6.03 Å². The lowest BCUT2D eigenvalue weighted by atomic mass is 10.2. The Kier molecular flexibility index (Phi) is 5.35. The monoisotopic (exact) mass is 354 g/mol. The van der Waals surface area contributed by atoms with Gasteiger partial charge in [0.15, 0.2) is 0 Å². The number of amides is 2. The highest BCUT2D eigenvalue weighted by Gasteiger charge is 2.08. The number of thioether (sulfide) groups is 1. The summed E-state index contributed by atoms with van der Waals surface area (Å²) in [5.74, 6) is 1.14. The van der Waals surface area contributed by atoms with Gasteiger partial charge in [-0.25, -0.2) is 4.79 Å². The summed E-state index contributed by atoms with van der Waals surface area (Å²) in [7, 11) is 0. The van der Waals surface area contributed by atoms with Gasteiger partial charge in [-0.05, 0) is 48.7 Å². The van der Waals surface area contributed by atoms with Crippen LogP contribution in [0.4, 0.5) is 16.2 Å². The SMILES string of the molecule is CCc1nc(-c2ccc(NC(=O)Nc3cccc(SC)c3)cc2)no1. The molecule has 0 unspecified atom stereocenters. The van der Waals surface area contributed by atoms with E-state index in [9.17, 15) is 4.79 Å². The number of urea groups is 1. The second-order valence-electron chi connectivity index (χ2n) is 5.25. The number of benzene rings is 2. The lowest BCUT2D eigenvalue weighted by Crippen LogP contribution is -2.19. The Morgan fingerprint density at radius 2 is 1.88 bits per heavy atom. The Balaban J connectivity index is 1.63. The molecule has 1 heterocycles. The molecule has 2 N–H and O–H groups in total. The number of anilines is 2. The van der Waals surface area contributed by atoms with Crippen LogP contribution < -0.4 is 10.6 Å². The second kappa shape index (κ2) is 7.85. The summed E-state index contributed by atoms with van der Waals surface area (Å²) < 4.78 is 5.11. The molecule has 2 amide bonds. The molecular formula is C18H18N4O2S. The van der Waals surface area contributed by atoms with Crippen LogP contribution in [0, 0.1) is 0 Å². The van der Waals surface area contributed by atoms with Crippen LogP contribution in [0.15, 0.2) is 57.9 Å². The van der Waals surface area contributed by atoms with E-state index < -0.39 is 0 Å². The zero-order valence-corrected chi connectivity index (χ0v) is 14.8. The number of carbonyl (C=O) groups excluding carboxylic acids is 1. The van der Waals surface area contributed by atoms with Gasteiger partial charge in [-0.2, -0.15) is 4.98 Å². The van der Waals surface area contributed by atoms with Gasteiger partial charge in [-0.3, -0.25) is 0 Å². The molecule has 0 saturated heterocycles. The van der Waals surface area contributed by atoms with Crippen LogP contribution >= 0.6 is 11.8 Å². The minimum absolute atomic E-state index is 0.293. The molecule has 0 bridgehead atoms. The molecule has 0 aliphatic rings. The molecule has 3 aromatic rings. The maximum atomic E-state index is 12.1. The third-order valence-corrected chi connectivity index (χ3v) is 4.22. The number of hydrogen-bond donors (Lipinski definition) is 2. The first-order valence-corrected chi connectivity index (χ1v) is 9.05. The summed E-state index contributed by atoms with van der Waals surface area (Å²) in [6.07, 6.45) is 2.69. The number of hydrogen-bond acceptors (Lipinski definition) is 5. The highest BCUT2D eigenvalue weighted by Crippen LogP contribution is 2.21. The van der Waals surface area contributed by atoms with Gasteiger partial charge in [0.05, 0.1) is 0 Å². The highest BCUT2D eigenvalue weighted by molar-refractivity contribution is 7.98. The van der Waals surface area contributed by atoms with Crippen LogP contribution in [0.3, 0.4) is 0 Å². The van der Waals surface area contributed by atoms with Crippen molar-refractivity contribution in [1.82, 2.24) is 10.1 Å². The molecular weight excluding hydrogens is 336 g/mol. The number of carbonyl (C=O) groups is 1. The largest absolute Gasteiger partial charge is 0.339 e. The molecule has 0 radical (unpaired) electrons. The van der Waals surface area contributed by atoms with Crippen LogP contribution in [0.25, 0.3) is 11.4 Å². The van der Waals surface area contributed by atoms with E-state index in [4.69, 9.17) is 4.52 Å². The van der Waals surface area contributed by atoms with Crippen LogP contribution in [0.2, 0.25) is 0 Å². The number of nitrogens with one attached hydrogen (secondary N) is 2. The first kappa shape index (κ1) is 17.0. The lowest BCUT2D eigenvalue weighted by molar-refractivity contribution is 0.262. The van der Waals surface area contributed by atoms with E-state index in [0.717, 1.165) is 16.1 Å². The smallest absolute Gasteiger partial charge is 0.323 e. The number of rotatable bonds is 5. The van der Waals surface area contributed by atoms with Gasteiger partial charge < -0.3 is 15.2 Å². The van der Waals surface area contributed by atoms with Crippen LogP contribution in [0.1, 0.15) is 12.8 Å². The Morgan fingerprint density at radius 1 is 1.12 bits per heavy atom. The van der Waals surface area contributed by atoms with Gasteiger partial charge in [0.2, 0.25) is 11.7 Å². The Hall–Kier alpha value is -2.80. The Bertz CT molecular complexity index is 862. The van der Waals surface area contributed by atoms with Gasteiger partial charge in [0.1, 0.15) is 0 Å². The zero-order chi connectivity index (χ0) is 17.6. The second-order valence-corrected chi connectivity index (χ2v) is 6.13. The van der Waals surface area contributed by atoms with Crippen molar-refractivity contribution in [3.63, 3.8) is 0 Å². The van der Waals surface area contributed by atoms with Gasteiger partial charge in [0, 0.05) is 28.3 Å². The fourth-order valence-corrected chi connectivity index (χ4v) is 2.67. The minimum atomic E-state index is -0.293. The molecule has 0 spiro atoms. The molecule has 2 aromatic carbocycles. The van der Waals surface area contributed by atoms with Crippen molar-refractivity contribution >= 4 is 29.2 Å². The molecule has 0 saturated carbocycles. The standard InChI is InChI=1S/C18H18N4O2S/c1-3-16-21-17(22-24-16)12-7-9-13(10-8-12)19-18(23)20-14-5-4-6-15(11-14)25-2/h4-11H,3H2,1-2H3,(H2,19,20,23). The number of aryl methyl sites for hydroxylation is 1. The summed E-state index contributed by atoms with van der Waals surface area (Å²) in [6.45, 7) is 1.96. The van der Waals surface area contributed by atoms with E-state index in [2.05, 4.69) is 20.8 Å². The van der Waals surface area contributed by atoms with Crippen molar-refractivity contribution in [1.29, 1.82) is 0 Å². The predicted octanol–water partition coefficient (Wildman–Crippen LogP) is 4.66. The molecule has 6 nitrogen and oxygen atoms in total. The van der Waals surface area contributed by atoms with Crippen LogP contribution in [-0.4, -0.2) is 22.4 Å². The third kappa shape index (κ3) is 4.39. The lowest BCUT2D eigenvalue weighted by Gasteiger charge is -2.08. The van der Waals surface area contributed by atoms with Crippen molar-refractivity contribution in [2.24, 2.45) is 0 Å². The first-order valence-electron chi connectivity index (χ1n) is 7.83. The average Bonchev–Trinajstić information content (AvgIpc) is 3.11. The van der Waals surface area contributed by atoms with E-state index in [1.54, 1.807) is 23.9 Å². The number of aromatic nitrogens is 2. The fraction of sp³-hybridized carbons (Fsp3) is 0.167. The van der Waals surface area contributed by atoms with E-state index in [1.807, 2.05) is 49.6 Å². The molecule has 7 heteroatoms. The molecule has 128 valence electrons. The summed E-state index contributed by atoms with van der Waals surface area (Å²) in [6, 6.07) is 14.7. The van der Waals surface area contributed by atoms with E-state index in [1.165, 1.54) is 0 Å². The normalized spacial score (nSPS) is 10.5. The van der Waals surface area contributed by atoms with Gasteiger partial charge in [-0.15, -0.1) is 11.8 Å². The molecule has 3 rings (SSSR count). The third-order valence-electron chi connectivity index (χ3n) is 3.50. The highest BCUT2D eigenvalue weighted by atomic mass is 32.2. The maximum absolute atomic E-state index is 12.1. The average molecular weight is 354 g/mol. The maximum Gasteiger partial charge on any atom is 0.323 e. The van der Waals surface area contributed by atoms with Crippen LogP contribution in [-0.2, 0) is 6.42 Å². The molecule has 0 atom stereocenters. The summed E-state index contributed by atoms with van der Waals surface area (Å²) >= 11 is 1.63. The molecule has 25 heavy (non-hydrogen) atoms. The zero-order valence-electron chi connectivity index (χ0n) is 13.9. The summed E-state index contributed by atoms with van der Waals surface area (Å²) in [4.78, 5) is 17.5. The fourth-order valence-electron chi connectivity index (χ4n) is 2.21. The first-order chi connectivity index (χ1) is 12.2. The van der Waals surface area contributed by atoms with Crippen molar-refractivity contribution in [3.05, 3.63) is 54.4 Å². The van der Waals surface area contributed by atoms with E-state index >= 15 is 0 Å². The van der Waals surface area contributed by atoms with Crippen molar-refractivity contribution < 1.29 is 9.32 Å². The predicted molar refractivity (Wildman–Crippen MR) is 100.0 cm³/mol. The van der Waals surface area contributed by atoms with Crippen molar-refractivity contribution in [2.75, 3.05) is 16.9 Å². The number of nitrogens with zero attached hydrogens (tertiary/aromatic N) is 2. The molecule has 0 aliphatic carbocycles. The quantitative estimate of drug-likeness (QED) is 0.651. The van der Waals surface area contributed by atoms with Crippen molar-refractivity contribution in [3.8, 4) is 11.4 Å². The molecule has 0 aliphatic heterocycles. The van der Waals surface area contributed by atoms with Crippen molar-refractivity contribution in [2.45, 2.75) is 18.2 Å². The van der Waals surface area contributed by atoms with E-state index in [0.29, 0.717) is 23.8 Å².